The van der Waals surface area contributed by atoms with Crippen molar-refractivity contribution in [1.82, 2.24) is 29.5 Å². The van der Waals surface area contributed by atoms with Gasteiger partial charge in [0.15, 0.2) is 0 Å². The summed E-state index contributed by atoms with van der Waals surface area (Å²) in [4.78, 5) is 29.4. The Labute approximate surface area is 199 Å². The van der Waals surface area contributed by atoms with E-state index in [4.69, 9.17) is 9.72 Å². The highest BCUT2D eigenvalue weighted by Crippen LogP contribution is 2.29. The molecule has 3 aromatic rings. The lowest BCUT2D eigenvalue weighted by atomic mass is 10.2. The lowest BCUT2D eigenvalue weighted by Crippen LogP contribution is -2.38. The van der Waals surface area contributed by atoms with Gasteiger partial charge >= 0.3 is 0 Å². The summed E-state index contributed by atoms with van der Waals surface area (Å²) in [6.45, 7) is 12.2. The van der Waals surface area contributed by atoms with Gasteiger partial charge in [0.2, 0.25) is 0 Å². The number of methoxy groups -OCH3 is 1. The average molecular weight is 469 g/mol. The van der Waals surface area contributed by atoms with Gasteiger partial charge in [-0.3, -0.25) is 9.69 Å². The Kier molecular flexibility index (Phi) is 7.21. The lowest BCUT2D eigenvalue weighted by Gasteiger charge is -2.26. The Morgan fingerprint density at radius 2 is 2.09 bits per heavy atom. The molecule has 3 aromatic heterocycles. The van der Waals surface area contributed by atoms with Gasteiger partial charge in [0.1, 0.15) is 0 Å². The van der Waals surface area contributed by atoms with Crippen LogP contribution in [-0.4, -0.2) is 74.8 Å². The molecule has 0 aliphatic carbocycles. The molecule has 8 nitrogen and oxygen atoms in total. The highest BCUT2D eigenvalue weighted by molar-refractivity contribution is 7.12. The van der Waals surface area contributed by atoms with Crippen LogP contribution in [0.4, 0.5) is 0 Å². The molecule has 33 heavy (non-hydrogen) atoms. The predicted molar refractivity (Wildman–Crippen MR) is 130 cm³/mol. The Hall–Kier alpha value is -2.62. The number of hydrogen-bond acceptors (Lipinski definition) is 7. The van der Waals surface area contributed by atoms with Crippen molar-refractivity contribution in [1.29, 1.82) is 0 Å². The van der Waals surface area contributed by atoms with E-state index < -0.39 is 0 Å². The van der Waals surface area contributed by atoms with E-state index in [9.17, 15) is 4.79 Å². The largest absolute Gasteiger partial charge is 0.378 e. The van der Waals surface area contributed by atoms with Crippen LogP contribution < -0.4 is 0 Å². The van der Waals surface area contributed by atoms with Crippen LogP contribution in [0.5, 0.6) is 0 Å². The molecule has 0 bridgehead atoms. The fourth-order valence-corrected chi connectivity index (χ4v) is 5.55. The Morgan fingerprint density at radius 3 is 2.76 bits per heavy atom. The lowest BCUT2D eigenvalue weighted by molar-refractivity contribution is 0.0772. The van der Waals surface area contributed by atoms with E-state index in [1.807, 2.05) is 11.0 Å². The maximum absolute atomic E-state index is 13.4. The number of aryl methyl sites for hydroxylation is 2. The van der Waals surface area contributed by atoms with Gasteiger partial charge in [-0.15, -0.1) is 11.3 Å². The number of aromatic nitrogens is 4. The highest BCUT2D eigenvalue weighted by Gasteiger charge is 2.32. The second-order valence-electron chi connectivity index (χ2n) is 8.33. The summed E-state index contributed by atoms with van der Waals surface area (Å²) in [5.74, 6) is 0.424. The molecule has 9 heteroatoms. The van der Waals surface area contributed by atoms with E-state index in [-0.39, 0.29) is 12.5 Å². The quantitative estimate of drug-likeness (QED) is 0.502. The Morgan fingerprint density at radius 1 is 1.30 bits per heavy atom. The molecule has 1 fully saturated rings. The fraction of sp³-hybridized carbons (Fsp3) is 0.500. The van der Waals surface area contributed by atoms with Gasteiger partial charge in [0.05, 0.1) is 29.8 Å². The second kappa shape index (κ2) is 10.1. The molecule has 0 aromatic carbocycles. The maximum Gasteiger partial charge on any atom is 0.257 e. The van der Waals surface area contributed by atoms with Gasteiger partial charge in [-0.05, 0) is 45.5 Å². The monoisotopic (exact) mass is 468 g/mol. The fourth-order valence-electron chi connectivity index (χ4n) is 4.62. The first-order valence-electron chi connectivity index (χ1n) is 11.5. The topological polar surface area (TPSA) is 76.4 Å². The highest BCUT2D eigenvalue weighted by atomic mass is 32.1. The summed E-state index contributed by atoms with van der Waals surface area (Å²) in [5, 5.41) is 4.50. The zero-order chi connectivity index (χ0) is 23.5. The molecule has 1 saturated heterocycles. The van der Waals surface area contributed by atoms with Crippen LogP contribution in [0.25, 0.3) is 17.2 Å². The molecule has 0 N–H and O–H groups in total. The van der Waals surface area contributed by atoms with E-state index >= 15 is 0 Å². The van der Waals surface area contributed by atoms with Gasteiger partial charge in [0.25, 0.3) is 11.9 Å². The average Bonchev–Trinajstić information content (AvgIpc) is 3.53. The number of thiophene rings is 1. The van der Waals surface area contributed by atoms with E-state index in [0.29, 0.717) is 23.2 Å². The predicted octanol–water partition coefficient (Wildman–Crippen LogP) is 3.71. The van der Waals surface area contributed by atoms with Crippen LogP contribution in [-0.2, 0) is 11.3 Å². The minimum Gasteiger partial charge on any atom is -0.378 e. The summed E-state index contributed by atoms with van der Waals surface area (Å²) >= 11 is 1.75. The standard InChI is InChI=1S/C24H32N6O2S/c1-6-28(7-2)18-9-11-29(14-18)23(31)20-13-26-30(22(20)15-32-5)24-25-10-8-21(27-24)19-12-16(3)33-17(19)4/h8,10,12-13,18H,6-7,9,11,14-15H2,1-5H3. The molecular weight excluding hydrogens is 436 g/mol. The zero-order valence-corrected chi connectivity index (χ0v) is 20.9. The van der Waals surface area contributed by atoms with Crippen molar-refractivity contribution in [2.45, 2.75) is 46.8 Å². The number of likely N-dealkylation sites (tertiary alicyclic amines) is 1. The molecule has 0 spiro atoms. The van der Waals surface area contributed by atoms with Gasteiger partial charge in [-0.2, -0.15) is 9.78 Å². The third kappa shape index (κ3) is 4.71. The van der Waals surface area contributed by atoms with Crippen molar-refractivity contribution in [2.24, 2.45) is 0 Å². The van der Waals surface area contributed by atoms with Gasteiger partial charge in [0, 0.05) is 47.8 Å². The Bertz CT molecular complexity index is 1120. The molecule has 1 atom stereocenters. The van der Waals surface area contributed by atoms with E-state index in [1.54, 1.807) is 35.5 Å². The molecule has 1 unspecified atom stereocenters. The van der Waals surface area contributed by atoms with Crippen molar-refractivity contribution in [3.63, 3.8) is 0 Å². The van der Waals surface area contributed by atoms with Crippen molar-refractivity contribution < 1.29 is 9.53 Å². The van der Waals surface area contributed by atoms with Crippen LogP contribution in [0.15, 0.2) is 24.5 Å². The van der Waals surface area contributed by atoms with Crippen molar-refractivity contribution in [3.05, 3.63) is 45.5 Å². The first-order chi connectivity index (χ1) is 16.0. The van der Waals surface area contributed by atoms with Crippen molar-refractivity contribution in [2.75, 3.05) is 33.3 Å². The number of ether oxygens (including phenoxy) is 1. The molecular formula is C24H32N6O2S. The minimum absolute atomic E-state index is 0.0107. The smallest absolute Gasteiger partial charge is 0.257 e. The van der Waals surface area contributed by atoms with Crippen LogP contribution in [0.2, 0.25) is 0 Å². The van der Waals surface area contributed by atoms with Gasteiger partial charge in [-0.25, -0.2) is 9.97 Å². The van der Waals surface area contributed by atoms with Crippen LogP contribution >= 0.6 is 11.3 Å². The maximum atomic E-state index is 13.4. The number of carbonyl (C=O) groups excluding carboxylic acids is 1. The van der Waals surface area contributed by atoms with Gasteiger partial charge in [-0.1, -0.05) is 13.8 Å². The number of hydrogen-bond donors (Lipinski definition) is 0. The molecule has 176 valence electrons. The van der Waals surface area contributed by atoms with Crippen molar-refractivity contribution in [3.8, 4) is 17.2 Å². The molecule has 1 aliphatic heterocycles. The summed E-state index contributed by atoms with van der Waals surface area (Å²) in [6, 6.07) is 4.45. The number of rotatable bonds is 8. The zero-order valence-electron chi connectivity index (χ0n) is 20.0. The van der Waals surface area contributed by atoms with E-state index in [0.717, 1.165) is 43.9 Å². The molecule has 0 radical (unpaired) electrons. The summed E-state index contributed by atoms with van der Waals surface area (Å²) in [7, 11) is 1.62. The van der Waals surface area contributed by atoms with Crippen LogP contribution in [0.1, 0.15) is 46.1 Å². The molecule has 0 saturated carbocycles. The minimum atomic E-state index is -0.0107. The van der Waals surface area contributed by atoms with Crippen LogP contribution in [0, 0.1) is 13.8 Å². The van der Waals surface area contributed by atoms with Gasteiger partial charge < -0.3 is 9.64 Å². The number of nitrogens with zero attached hydrogens (tertiary/aromatic N) is 6. The number of amides is 1. The second-order valence-corrected chi connectivity index (χ2v) is 9.79. The van der Waals surface area contributed by atoms with Crippen molar-refractivity contribution >= 4 is 17.2 Å². The number of likely N-dealkylation sites (N-methyl/N-ethyl adjacent to an activating group) is 1. The SMILES string of the molecule is CCN(CC)C1CCN(C(=O)c2cnn(-c3nccc(-c4cc(C)sc4C)n3)c2COC)C1. The van der Waals surface area contributed by atoms with E-state index in [2.05, 4.69) is 48.7 Å². The molecule has 4 rings (SSSR count). The first-order valence-corrected chi connectivity index (χ1v) is 12.3. The molecule has 1 amide bonds. The third-order valence-electron chi connectivity index (χ3n) is 6.31. The molecule has 4 heterocycles. The molecule has 1 aliphatic rings. The normalized spacial score (nSPS) is 16.2. The van der Waals surface area contributed by atoms with E-state index in [1.165, 1.54) is 9.75 Å². The summed E-state index contributed by atoms with van der Waals surface area (Å²) < 4.78 is 7.07. The number of carbonyl (C=O) groups is 1. The summed E-state index contributed by atoms with van der Waals surface area (Å²) in [6.07, 6.45) is 4.35. The third-order valence-corrected chi connectivity index (χ3v) is 7.27. The Balaban J connectivity index is 1.63. The van der Waals surface area contributed by atoms with Crippen LogP contribution in [0.3, 0.4) is 0 Å². The first kappa shape index (κ1) is 23.5. The summed E-state index contributed by atoms with van der Waals surface area (Å²) in [5.41, 5.74) is 3.16.